The Morgan fingerprint density at radius 3 is 2.25 bits per heavy atom. The Balaban J connectivity index is 0.00000208. The summed E-state index contributed by atoms with van der Waals surface area (Å²) in [6.07, 6.45) is 6.32. The van der Waals surface area contributed by atoms with Crippen LogP contribution in [0.1, 0.15) is 57.6 Å². The third-order valence-corrected chi connectivity index (χ3v) is 5.00. The molecule has 3 rings (SSSR count). The van der Waals surface area contributed by atoms with E-state index in [0.29, 0.717) is 18.6 Å². The lowest BCUT2D eigenvalue weighted by atomic mass is 9.80. The molecule has 2 atom stereocenters. The lowest BCUT2D eigenvalue weighted by molar-refractivity contribution is 0.255. The van der Waals surface area contributed by atoms with E-state index in [-0.39, 0.29) is 24.0 Å². The molecule has 1 aromatic rings. The van der Waals surface area contributed by atoms with Gasteiger partial charge in [-0.15, -0.1) is 34.2 Å². The van der Waals surface area contributed by atoms with Crippen molar-refractivity contribution in [2.24, 2.45) is 23.9 Å². The number of rotatable bonds is 4. The van der Waals surface area contributed by atoms with Crippen LogP contribution in [0.4, 0.5) is 0 Å². The molecule has 0 saturated heterocycles. The fourth-order valence-electron chi connectivity index (χ4n) is 3.55. The van der Waals surface area contributed by atoms with Crippen LogP contribution in [0.25, 0.3) is 0 Å². The van der Waals surface area contributed by atoms with Crippen molar-refractivity contribution in [3.63, 3.8) is 0 Å². The van der Waals surface area contributed by atoms with Crippen molar-refractivity contribution in [1.29, 1.82) is 0 Å². The molecule has 1 heterocycles. The van der Waals surface area contributed by atoms with Gasteiger partial charge in [-0.25, -0.2) is 4.99 Å². The standard InChI is InChI=1S/C17H30N6.HI/c1-11-7-12(2)9-15(8-11)20-17(19-14-5-6-14)18-10-16-22-21-13(3)23(16)4;/h11-12,14-15H,5-10H2,1-4H3,(H2,18,19,20);1H. The number of nitrogens with one attached hydrogen (secondary N) is 2. The summed E-state index contributed by atoms with van der Waals surface area (Å²) in [6, 6.07) is 1.13. The number of aryl methyl sites for hydroxylation is 1. The Labute approximate surface area is 162 Å². The first-order chi connectivity index (χ1) is 11.0. The molecular weight excluding hydrogens is 415 g/mol. The normalized spacial score (nSPS) is 27.5. The van der Waals surface area contributed by atoms with Gasteiger partial charge < -0.3 is 15.2 Å². The zero-order valence-corrected chi connectivity index (χ0v) is 17.6. The van der Waals surface area contributed by atoms with Gasteiger partial charge in [-0.1, -0.05) is 13.8 Å². The van der Waals surface area contributed by atoms with Crippen LogP contribution in [-0.4, -0.2) is 32.8 Å². The average Bonchev–Trinajstić information content (AvgIpc) is 3.23. The lowest BCUT2D eigenvalue weighted by Crippen LogP contribution is -2.47. The third-order valence-electron chi connectivity index (χ3n) is 5.00. The molecule has 0 aromatic carbocycles. The summed E-state index contributed by atoms with van der Waals surface area (Å²) < 4.78 is 2.00. The van der Waals surface area contributed by atoms with E-state index in [4.69, 9.17) is 4.99 Å². The maximum Gasteiger partial charge on any atom is 0.192 e. The summed E-state index contributed by atoms with van der Waals surface area (Å²) in [6.45, 7) is 7.25. The van der Waals surface area contributed by atoms with Gasteiger partial charge in [0, 0.05) is 19.1 Å². The van der Waals surface area contributed by atoms with Gasteiger partial charge in [0.25, 0.3) is 0 Å². The minimum atomic E-state index is 0. The fraction of sp³-hybridized carbons (Fsp3) is 0.824. The molecule has 2 aliphatic rings. The molecule has 0 bridgehead atoms. The maximum atomic E-state index is 4.76. The molecule has 1 aromatic heterocycles. The van der Waals surface area contributed by atoms with Crippen LogP contribution in [0.2, 0.25) is 0 Å². The van der Waals surface area contributed by atoms with Gasteiger partial charge in [-0.3, -0.25) is 0 Å². The van der Waals surface area contributed by atoms with Crippen molar-refractivity contribution in [3.05, 3.63) is 11.6 Å². The highest BCUT2D eigenvalue weighted by Gasteiger charge is 2.27. The predicted molar refractivity (Wildman–Crippen MR) is 108 cm³/mol. The molecule has 0 spiro atoms. The summed E-state index contributed by atoms with van der Waals surface area (Å²) in [4.78, 5) is 4.76. The van der Waals surface area contributed by atoms with Crippen LogP contribution in [0, 0.1) is 18.8 Å². The summed E-state index contributed by atoms with van der Waals surface area (Å²) in [5.74, 6) is 4.36. The van der Waals surface area contributed by atoms with Crippen molar-refractivity contribution < 1.29 is 0 Å². The zero-order chi connectivity index (χ0) is 16.4. The summed E-state index contributed by atoms with van der Waals surface area (Å²) in [5, 5.41) is 15.5. The molecule has 2 fully saturated rings. The third kappa shape index (κ3) is 5.32. The number of nitrogens with zero attached hydrogens (tertiary/aromatic N) is 4. The number of hydrogen-bond acceptors (Lipinski definition) is 3. The van der Waals surface area contributed by atoms with Crippen LogP contribution < -0.4 is 10.6 Å². The molecule has 2 N–H and O–H groups in total. The molecule has 24 heavy (non-hydrogen) atoms. The Bertz CT molecular complexity index is 555. The first kappa shape index (κ1) is 19.5. The van der Waals surface area contributed by atoms with E-state index in [1.165, 1.54) is 32.1 Å². The molecule has 6 nitrogen and oxygen atoms in total. The van der Waals surface area contributed by atoms with Gasteiger partial charge in [-0.2, -0.15) is 0 Å². The predicted octanol–water partition coefficient (Wildman–Crippen LogP) is 2.76. The smallest absolute Gasteiger partial charge is 0.192 e. The van der Waals surface area contributed by atoms with E-state index in [1.54, 1.807) is 0 Å². The van der Waals surface area contributed by atoms with Gasteiger partial charge in [0.1, 0.15) is 12.4 Å². The first-order valence-corrected chi connectivity index (χ1v) is 8.93. The Morgan fingerprint density at radius 2 is 1.71 bits per heavy atom. The highest BCUT2D eigenvalue weighted by molar-refractivity contribution is 14.0. The fourth-order valence-corrected chi connectivity index (χ4v) is 3.55. The van der Waals surface area contributed by atoms with Crippen molar-refractivity contribution in [3.8, 4) is 0 Å². The second-order valence-electron chi connectivity index (χ2n) is 7.56. The topological polar surface area (TPSA) is 67.1 Å². The van der Waals surface area contributed by atoms with Crippen LogP contribution >= 0.6 is 24.0 Å². The quantitative estimate of drug-likeness (QED) is 0.424. The number of hydrogen-bond donors (Lipinski definition) is 2. The van der Waals surface area contributed by atoms with Gasteiger partial charge in [0.15, 0.2) is 11.8 Å². The summed E-state index contributed by atoms with van der Waals surface area (Å²) >= 11 is 0. The van der Waals surface area contributed by atoms with E-state index in [0.717, 1.165) is 29.4 Å². The zero-order valence-electron chi connectivity index (χ0n) is 15.2. The SMILES string of the molecule is Cc1nnc(CN=C(NC2CC2)NC2CC(C)CC(C)C2)n1C.I. The lowest BCUT2D eigenvalue weighted by Gasteiger charge is -2.33. The van der Waals surface area contributed by atoms with Crippen molar-refractivity contribution in [2.45, 2.75) is 71.5 Å². The van der Waals surface area contributed by atoms with Gasteiger partial charge >= 0.3 is 0 Å². The van der Waals surface area contributed by atoms with Gasteiger partial charge in [0.05, 0.1) is 0 Å². The van der Waals surface area contributed by atoms with E-state index >= 15 is 0 Å². The highest BCUT2D eigenvalue weighted by atomic mass is 127. The molecule has 2 saturated carbocycles. The molecule has 2 aliphatic carbocycles. The first-order valence-electron chi connectivity index (χ1n) is 8.93. The van der Waals surface area contributed by atoms with Crippen LogP contribution in [-0.2, 0) is 13.6 Å². The van der Waals surface area contributed by atoms with Gasteiger partial charge in [0.2, 0.25) is 0 Å². The van der Waals surface area contributed by atoms with E-state index in [9.17, 15) is 0 Å². The Kier molecular flexibility index (Phi) is 6.88. The molecule has 0 amide bonds. The van der Waals surface area contributed by atoms with E-state index in [1.807, 2.05) is 18.5 Å². The largest absolute Gasteiger partial charge is 0.354 e. The van der Waals surface area contributed by atoms with Crippen molar-refractivity contribution >= 4 is 29.9 Å². The molecule has 0 radical (unpaired) electrons. The number of aromatic nitrogens is 3. The van der Waals surface area contributed by atoms with Crippen LogP contribution in [0.5, 0.6) is 0 Å². The number of guanidine groups is 1. The van der Waals surface area contributed by atoms with E-state index < -0.39 is 0 Å². The number of halogens is 1. The van der Waals surface area contributed by atoms with Crippen LogP contribution in [0.15, 0.2) is 4.99 Å². The Hall–Kier alpha value is -0.860. The minimum absolute atomic E-state index is 0. The second kappa shape index (κ2) is 8.49. The van der Waals surface area contributed by atoms with E-state index in [2.05, 4.69) is 34.7 Å². The van der Waals surface area contributed by atoms with Crippen molar-refractivity contribution in [1.82, 2.24) is 25.4 Å². The monoisotopic (exact) mass is 446 g/mol. The van der Waals surface area contributed by atoms with Crippen LogP contribution in [0.3, 0.4) is 0 Å². The molecular formula is C17H31IN6. The summed E-state index contributed by atoms with van der Waals surface area (Å²) in [7, 11) is 1.99. The molecule has 7 heteroatoms. The maximum absolute atomic E-state index is 4.76. The molecule has 0 aliphatic heterocycles. The minimum Gasteiger partial charge on any atom is -0.354 e. The Morgan fingerprint density at radius 1 is 1.08 bits per heavy atom. The number of aliphatic imine (C=N–C) groups is 1. The van der Waals surface area contributed by atoms with Gasteiger partial charge in [-0.05, 0) is 50.9 Å². The van der Waals surface area contributed by atoms with Crippen molar-refractivity contribution in [2.75, 3.05) is 0 Å². The highest BCUT2D eigenvalue weighted by Crippen LogP contribution is 2.28. The summed E-state index contributed by atoms with van der Waals surface area (Å²) in [5.41, 5.74) is 0. The average molecular weight is 446 g/mol. The second-order valence-corrected chi connectivity index (χ2v) is 7.56. The molecule has 2 unspecified atom stereocenters. The molecule has 136 valence electrons.